The molecule has 0 saturated heterocycles. The Morgan fingerprint density at radius 1 is 1.10 bits per heavy atom. The summed E-state index contributed by atoms with van der Waals surface area (Å²) in [6, 6.07) is 8.30. The summed E-state index contributed by atoms with van der Waals surface area (Å²) < 4.78 is 11.4. The molecule has 1 aromatic carbocycles. The van der Waals surface area contributed by atoms with Gasteiger partial charge in [-0.05, 0) is 45.2 Å². The van der Waals surface area contributed by atoms with Gasteiger partial charge in [0.15, 0.2) is 0 Å². The van der Waals surface area contributed by atoms with Crippen LogP contribution in [-0.4, -0.2) is 26.4 Å². The molecule has 0 aliphatic carbocycles. The van der Waals surface area contributed by atoms with Gasteiger partial charge in [-0.15, -0.1) is 0 Å². The summed E-state index contributed by atoms with van der Waals surface area (Å²) in [6.45, 7) is 7.25. The summed E-state index contributed by atoms with van der Waals surface area (Å²) in [6.07, 6.45) is 3.87. The SMILES string of the molecule is CCC(C)(CC(CC)(CCN)c1ccccc1OC)OC. The van der Waals surface area contributed by atoms with Gasteiger partial charge >= 0.3 is 0 Å². The number of nitrogens with two attached hydrogens (primary N) is 1. The third-order valence-electron chi connectivity index (χ3n) is 4.93. The number of hydrogen-bond acceptors (Lipinski definition) is 3. The zero-order valence-electron chi connectivity index (χ0n) is 14.2. The maximum absolute atomic E-state index is 5.94. The van der Waals surface area contributed by atoms with Crippen LogP contribution in [0.5, 0.6) is 5.75 Å². The third kappa shape index (κ3) is 3.98. The summed E-state index contributed by atoms with van der Waals surface area (Å²) in [5.41, 5.74) is 7.03. The second kappa shape index (κ2) is 7.81. The van der Waals surface area contributed by atoms with Crippen molar-refractivity contribution in [2.24, 2.45) is 5.73 Å². The van der Waals surface area contributed by atoms with Crippen LogP contribution < -0.4 is 10.5 Å². The molecule has 21 heavy (non-hydrogen) atoms. The molecule has 2 atom stereocenters. The lowest BCUT2D eigenvalue weighted by Gasteiger charge is -2.41. The van der Waals surface area contributed by atoms with Gasteiger partial charge in [-0.25, -0.2) is 0 Å². The number of ether oxygens (including phenoxy) is 2. The smallest absolute Gasteiger partial charge is 0.122 e. The summed E-state index contributed by atoms with van der Waals surface area (Å²) in [7, 11) is 3.53. The van der Waals surface area contributed by atoms with E-state index >= 15 is 0 Å². The van der Waals surface area contributed by atoms with E-state index in [1.54, 1.807) is 14.2 Å². The van der Waals surface area contributed by atoms with Gasteiger partial charge in [0.05, 0.1) is 12.7 Å². The molecule has 1 aromatic rings. The van der Waals surface area contributed by atoms with E-state index < -0.39 is 0 Å². The zero-order valence-corrected chi connectivity index (χ0v) is 14.2. The molecule has 0 amide bonds. The molecule has 0 aliphatic heterocycles. The topological polar surface area (TPSA) is 44.5 Å². The third-order valence-corrected chi connectivity index (χ3v) is 4.93. The van der Waals surface area contributed by atoms with E-state index in [1.165, 1.54) is 5.56 Å². The summed E-state index contributed by atoms with van der Waals surface area (Å²) in [5.74, 6) is 0.947. The Hall–Kier alpha value is -1.06. The Labute approximate surface area is 129 Å². The number of para-hydroxylation sites is 1. The zero-order chi connectivity index (χ0) is 15.9. The Bertz CT molecular complexity index is 429. The highest BCUT2D eigenvalue weighted by Crippen LogP contribution is 2.44. The highest BCUT2D eigenvalue weighted by atomic mass is 16.5. The van der Waals surface area contributed by atoms with Crippen molar-refractivity contribution in [1.29, 1.82) is 0 Å². The van der Waals surface area contributed by atoms with Crippen LogP contribution in [0.3, 0.4) is 0 Å². The Morgan fingerprint density at radius 3 is 2.24 bits per heavy atom. The molecule has 0 radical (unpaired) electrons. The van der Waals surface area contributed by atoms with Gasteiger partial charge in [-0.2, -0.15) is 0 Å². The molecular weight excluding hydrogens is 262 g/mol. The van der Waals surface area contributed by atoms with Crippen molar-refractivity contribution in [2.45, 2.75) is 57.5 Å². The van der Waals surface area contributed by atoms with E-state index in [2.05, 4.69) is 32.9 Å². The van der Waals surface area contributed by atoms with Crippen LogP contribution in [-0.2, 0) is 10.2 Å². The van der Waals surface area contributed by atoms with E-state index in [0.29, 0.717) is 6.54 Å². The first-order valence-electron chi connectivity index (χ1n) is 7.89. The Kier molecular flexibility index (Phi) is 6.69. The molecule has 3 heteroatoms. The highest BCUT2D eigenvalue weighted by Gasteiger charge is 2.39. The molecule has 0 saturated carbocycles. The van der Waals surface area contributed by atoms with Crippen molar-refractivity contribution in [2.75, 3.05) is 20.8 Å². The van der Waals surface area contributed by atoms with E-state index in [1.807, 2.05) is 12.1 Å². The maximum atomic E-state index is 5.94. The van der Waals surface area contributed by atoms with Crippen LogP contribution in [0.2, 0.25) is 0 Å². The number of rotatable bonds is 9. The molecule has 0 aromatic heterocycles. The van der Waals surface area contributed by atoms with Crippen molar-refractivity contribution in [1.82, 2.24) is 0 Å². The lowest BCUT2D eigenvalue weighted by molar-refractivity contribution is -0.0250. The van der Waals surface area contributed by atoms with Crippen LogP contribution in [0.1, 0.15) is 52.0 Å². The van der Waals surface area contributed by atoms with Crippen molar-refractivity contribution in [3.05, 3.63) is 29.8 Å². The predicted octanol–water partition coefficient (Wildman–Crippen LogP) is 3.90. The fraction of sp³-hybridized carbons (Fsp3) is 0.667. The van der Waals surface area contributed by atoms with Crippen LogP contribution in [0.15, 0.2) is 24.3 Å². The number of hydrogen-bond donors (Lipinski definition) is 1. The summed E-state index contributed by atoms with van der Waals surface area (Å²) in [4.78, 5) is 0. The van der Waals surface area contributed by atoms with E-state index in [0.717, 1.165) is 31.4 Å². The highest BCUT2D eigenvalue weighted by molar-refractivity contribution is 5.40. The van der Waals surface area contributed by atoms with Crippen LogP contribution in [0.25, 0.3) is 0 Å². The minimum Gasteiger partial charge on any atom is -0.496 e. The van der Waals surface area contributed by atoms with Gasteiger partial charge in [0.1, 0.15) is 5.75 Å². The molecule has 3 nitrogen and oxygen atoms in total. The van der Waals surface area contributed by atoms with Crippen molar-refractivity contribution in [3.63, 3.8) is 0 Å². The van der Waals surface area contributed by atoms with Gasteiger partial charge in [0.25, 0.3) is 0 Å². The lowest BCUT2D eigenvalue weighted by Crippen LogP contribution is -2.40. The molecule has 0 spiro atoms. The molecule has 120 valence electrons. The molecule has 0 heterocycles. The van der Waals surface area contributed by atoms with Gasteiger partial charge < -0.3 is 15.2 Å². The second-order valence-corrected chi connectivity index (χ2v) is 6.06. The molecule has 2 unspecified atom stereocenters. The minimum absolute atomic E-state index is 0.0118. The van der Waals surface area contributed by atoms with Gasteiger partial charge in [-0.1, -0.05) is 32.0 Å². The van der Waals surface area contributed by atoms with E-state index in [4.69, 9.17) is 15.2 Å². The second-order valence-electron chi connectivity index (χ2n) is 6.06. The molecular formula is C18H31NO2. The van der Waals surface area contributed by atoms with Crippen LogP contribution >= 0.6 is 0 Å². The van der Waals surface area contributed by atoms with Gasteiger partial charge in [0.2, 0.25) is 0 Å². The maximum Gasteiger partial charge on any atom is 0.122 e. The first-order chi connectivity index (χ1) is 10.0. The first-order valence-corrected chi connectivity index (χ1v) is 7.89. The van der Waals surface area contributed by atoms with E-state index in [9.17, 15) is 0 Å². The van der Waals surface area contributed by atoms with Crippen LogP contribution in [0, 0.1) is 0 Å². The summed E-state index contributed by atoms with van der Waals surface area (Å²) in [5, 5.41) is 0. The van der Waals surface area contributed by atoms with E-state index in [-0.39, 0.29) is 11.0 Å². The number of methoxy groups -OCH3 is 2. The average Bonchev–Trinajstić information content (AvgIpc) is 2.54. The quantitative estimate of drug-likeness (QED) is 0.751. The average molecular weight is 293 g/mol. The molecule has 0 fully saturated rings. The van der Waals surface area contributed by atoms with Crippen LogP contribution in [0.4, 0.5) is 0 Å². The fourth-order valence-electron chi connectivity index (χ4n) is 3.23. The molecule has 1 rings (SSSR count). The normalized spacial score (nSPS) is 17.0. The largest absolute Gasteiger partial charge is 0.496 e. The number of benzene rings is 1. The Balaban J connectivity index is 3.32. The first kappa shape index (κ1) is 18.0. The molecule has 0 bridgehead atoms. The van der Waals surface area contributed by atoms with Crippen molar-refractivity contribution < 1.29 is 9.47 Å². The predicted molar refractivity (Wildman–Crippen MR) is 89.0 cm³/mol. The summed E-state index contributed by atoms with van der Waals surface area (Å²) >= 11 is 0. The monoisotopic (exact) mass is 293 g/mol. The standard InChI is InChI=1S/C18H31NO2/c1-6-17(3,21-5)14-18(7-2,12-13-19)15-10-8-9-11-16(15)20-4/h8-11H,6-7,12-14,19H2,1-5H3. The Morgan fingerprint density at radius 2 is 1.76 bits per heavy atom. The molecule has 2 N–H and O–H groups in total. The minimum atomic E-state index is -0.147. The van der Waals surface area contributed by atoms with Crippen molar-refractivity contribution in [3.8, 4) is 5.75 Å². The van der Waals surface area contributed by atoms with Crippen molar-refractivity contribution >= 4 is 0 Å². The fourth-order valence-corrected chi connectivity index (χ4v) is 3.23. The lowest BCUT2D eigenvalue weighted by atomic mass is 9.68. The van der Waals surface area contributed by atoms with Gasteiger partial charge in [-0.3, -0.25) is 0 Å². The molecule has 0 aliphatic rings. The van der Waals surface area contributed by atoms with Gasteiger partial charge in [0, 0.05) is 18.1 Å².